The highest BCUT2D eigenvalue weighted by molar-refractivity contribution is 9.10. The number of rotatable bonds is 3. The zero-order chi connectivity index (χ0) is 23.9. The zero-order valence-corrected chi connectivity index (χ0v) is 21.2. The summed E-state index contributed by atoms with van der Waals surface area (Å²) in [5, 5.41) is 3.48. The molecule has 0 unspecified atom stereocenters. The molecule has 3 aromatic rings. The fourth-order valence-corrected chi connectivity index (χ4v) is 4.78. The van der Waals surface area contributed by atoms with Gasteiger partial charge in [-0.2, -0.15) is 0 Å². The third kappa shape index (κ3) is 4.73. The predicted molar refractivity (Wildman–Crippen MR) is 138 cm³/mol. The molecule has 176 valence electrons. The van der Waals surface area contributed by atoms with Crippen LogP contribution in [-0.2, 0) is 11.2 Å². The van der Waals surface area contributed by atoms with E-state index in [9.17, 15) is 4.79 Å². The van der Waals surface area contributed by atoms with Crippen LogP contribution in [0, 0.1) is 0 Å². The Morgan fingerprint density at radius 2 is 1.76 bits per heavy atom. The largest absolute Gasteiger partial charge is 0.444 e. The van der Waals surface area contributed by atoms with Gasteiger partial charge in [-0.1, -0.05) is 22.0 Å². The monoisotopic (exact) mass is 521 g/mol. The van der Waals surface area contributed by atoms with E-state index in [0.717, 1.165) is 52.4 Å². The minimum Gasteiger partial charge on any atom is -0.444 e. The van der Waals surface area contributed by atoms with E-state index in [4.69, 9.17) is 4.74 Å². The van der Waals surface area contributed by atoms with Crippen LogP contribution in [0.25, 0.3) is 11.1 Å². The fraction of sp³-hybridized carbons (Fsp3) is 0.346. The number of carbonyl (C=O) groups excluding carboxylic acids is 1. The van der Waals surface area contributed by atoms with Crippen LogP contribution in [0.4, 0.5) is 22.0 Å². The summed E-state index contributed by atoms with van der Waals surface area (Å²) >= 11 is 3.58. The summed E-state index contributed by atoms with van der Waals surface area (Å²) in [5.74, 6) is 0.820. The molecule has 0 atom stereocenters. The quantitative estimate of drug-likeness (QED) is 0.377. The molecule has 5 rings (SSSR count). The smallest absolute Gasteiger partial charge is 0.410 e. The van der Waals surface area contributed by atoms with Crippen molar-refractivity contribution in [1.82, 2.24) is 14.9 Å². The average molecular weight is 522 g/mol. The molecule has 1 saturated heterocycles. The first-order chi connectivity index (χ1) is 16.3. The molecule has 1 aromatic heterocycles. The van der Waals surface area contributed by atoms with E-state index in [1.165, 1.54) is 11.1 Å². The number of halogens is 1. The van der Waals surface area contributed by atoms with Gasteiger partial charge in [0.15, 0.2) is 0 Å². The van der Waals surface area contributed by atoms with Crippen molar-refractivity contribution in [2.45, 2.75) is 32.8 Å². The first kappa shape index (κ1) is 22.7. The number of fused-ring (bicyclic) bond motifs is 3. The molecule has 0 spiro atoms. The van der Waals surface area contributed by atoms with Crippen LogP contribution >= 0.6 is 15.9 Å². The lowest BCUT2D eigenvalue weighted by atomic mass is 10.1. The maximum Gasteiger partial charge on any atom is 0.410 e. The number of ether oxygens (including phenoxy) is 1. The maximum atomic E-state index is 12.3. The molecule has 1 fully saturated rings. The molecule has 2 aliphatic rings. The first-order valence-electron chi connectivity index (χ1n) is 11.5. The Morgan fingerprint density at radius 3 is 2.47 bits per heavy atom. The van der Waals surface area contributed by atoms with E-state index in [1.807, 2.05) is 20.8 Å². The lowest BCUT2D eigenvalue weighted by Crippen LogP contribution is -2.50. The van der Waals surface area contributed by atoms with Crippen LogP contribution in [0.1, 0.15) is 32.0 Å². The number of piperazine rings is 1. The maximum absolute atomic E-state index is 12.3. The Kier molecular flexibility index (Phi) is 5.93. The van der Waals surface area contributed by atoms with Crippen molar-refractivity contribution in [2.75, 3.05) is 36.4 Å². The molecule has 34 heavy (non-hydrogen) atoms. The minimum absolute atomic E-state index is 0.238. The summed E-state index contributed by atoms with van der Waals surface area (Å²) in [5.41, 5.74) is 6.19. The Bertz CT molecular complexity index is 1210. The molecule has 1 aliphatic heterocycles. The molecule has 1 amide bonds. The van der Waals surface area contributed by atoms with Crippen LogP contribution in [0.2, 0.25) is 0 Å². The highest BCUT2D eigenvalue weighted by Gasteiger charge is 2.26. The van der Waals surface area contributed by atoms with Crippen molar-refractivity contribution in [1.29, 1.82) is 0 Å². The normalized spacial score (nSPS) is 15.1. The van der Waals surface area contributed by atoms with E-state index in [1.54, 1.807) is 11.2 Å². The number of nitrogens with one attached hydrogen (secondary N) is 1. The number of anilines is 3. The van der Waals surface area contributed by atoms with Gasteiger partial charge in [-0.05, 0) is 68.3 Å². The van der Waals surface area contributed by atoms with Gasteiger partial charge in [-0.3, -0.25) is 0 Å². The van der Waals surface area contributed by atoms with Crippen LogP contribution in [-0.4, -0.2) is 52.7 Å². The van der Waals surface area contributed by atoms with E-state index >= 15 is 0 Å². The first-order valence-corrected chi connectivity index (χ1v) is 12.3. The van der Waals surface area contributed by atoms with Crippen molar-refractivity contribution in [2.24, 2.45) is 0 Å². The summed E-state index contributed by atoms with van der Waals surface area (Å²) in [6.45, 7) is 8.53. The van der Waals surface area contributed by atoms with Gasteiger partial charge in [0.2, 0.25) is 0 Å². The van der Waals surface area contributed by atoms with E-state index in [0.29, 0.717) is 13.1 Å². The Balaban J connectivity index is 1.26. The van der Waals surface area contributed by atoms with Crippen molar-refractivity contribution >= 4 is 39.2 Å². The predicted octanol–water partition coefficient (Wildman–Crippen LogP) is 5.61. The second-order valence-corrected chi connectivity index (χ2v) is 10.6. The van der Waals surface area contributed by atoms with E-state index in [2.05, 4.69) is 78.6 Å². The third-order valence-electron chi connectivity index (χ3n) is 6.05. The van der Waals surface area contributed by atoms with Crippen LogP contribution in [0.3, 0.4) is 0 Å². The van der Waals surface area contributed by atoms with Gasteiger partial charge in [0.05, 0.1) is 5.69 Å². The van der Waals surface area contributed by atoms with Gasteiger partial charge in [-0.25, -0.2) is 14.8 Å². The summed E-state index contributed by atoms with van der Waals surface area (Å²) in [6.07, 6.45) is 2.21. The van der Waals surface area contributed by atoms with Gasteiger partial charge in [0, 0.05) is 54.0 Å². The van der Waals surface area contributed by atoms with Gasteiger partial charge in [-0.15, -0.1) is 0 Å². The average Bonchev–Trinajstić information content (AvgIpc) is 3.17. The Labute approximate surface area is 208 Å². The molecule has 2 heterocycles. The molecule has 1 aliphatic carbocycles. The number of benzene rings is 2. The summed E-state index contributed by atoms with van der Waals surface area (Å²) in [4.78, 5) is 25.4. The van der Waals surface area contributed by atoms with E-state index in [-0.39, 0.29) is 6.09 Å². The van der Waals surface area contributed by atoms with Crippen molar-refractivity contribution < 1.29 is 9.53 Å². The molecule has 2 aromatic carbocycles. The van der Waals surface area contributed by atoms with Gasteiger partial charge in [0.1, 0.15) is 17.7 Å². The number of amides is 1. The topological polar surface area (TPSA) is 70.6 Å². The molecule has 8 heteroatoms. The highest BCUT2D eigenvalue weighted by atomic mass is 79.9. The molecular formula is C26H28BrN5O2. The number of hydrogen-bond acceptors (Lipinski definition) is 6. The standard InChI is InChI=1S/C26H28BrN5O2/c1-26(2,3)34-25(33)32-12-10-31(11-13-32)20-8-6-19(7-9-20)30-24-23-21-15-18(27)5-4-17(21)14-22(23)28-16-29-24/h4-9,15-16H,10-14H2,1-3H3,(H,28,29,30). The van der Waals surface area contributed by atoms with Gasteiger partial charge >= 0.3 is 6.09 Å². The second-order valence-electron chi connectivity index (χ2n) is 9.65. The zero-order valence-electron chi connectivity index (χ0n) is 19.6. The lowest BCUT2D eigenvalue weighted by Gasteiger charge is -2.36. The number of carbonyl (C=O) groups is 1. The number of nitrogens with zero attached hydrogens (tertiary/aromatic N) is 4. The Hall–Kier alpha value is -3.13. The molecule has 1 N–H and O–H groups in total. The number of hydrogen-bond donors (Lipinski definition) is 1. The summed E-state index contributed by atoms with van der Waals surface area (Å²) in [6, 6.07) is 14.7. The van der Waals surface area contributed by atoms with Crippen molar-refractivity contribution in [3.63, 3.8) is 0 Å². The van der Waals surface area contributed by atoms with E-state index < -0.39 is 5.60 Å². The van der Waals surface area contributed by atoms with Gasteiger partial charge in [0.25, 0.3) is 0 Å². The van der Waals surface area contributed by atoms with Crippen LogP contribution in [0.15, 0.2) is 53.3 Å². The Morgan fingerprint density at radius 1 is 1.03 bits per heavy atom. The fourth-order valence-electron chi connectivity index (χ4n) is 4.42. The second kappa shape index (κ2) is 8.91. The summed E-state index contributed by atoms with van der Waals surface area (Å²) in [7, 11) is 0. The van der Waals surface area contributed by atoms with Crippen molar-refractivity contribution in [3.05, 3.63) is 64.5 Å². The number of aromatic nitrogens is 2. The van der Waals surface area contributed by atoms with Crippen LogP contribution < -0.4 is 10.2 Å². The molecule has 0 saturated carbocycles. The SMILES string of the molecule is CC(C)(C)OC(=O)N1CCN(c2ccc(Nc3ncnc4c3-c3cc(Br)ccc3C4)cc2)CC1. The molecule has 0 bridgehead atoms. The summed E-state index contributed by atoms with van der Waals surface area (Å²) < 4.78 is 6.54. The highest BCUT2D eigenvalue weighted by Crippen LogP contribution is 2.41. The molecule has 0 radical (unpaired) electrons. The van der Waals surface area contributed by atoms with Crippen LogP contribution in [0.5, 0.6) is 0 Å². The minimum atomic E-state index is -0.473. The van der Waals surface area contributed by atoms with Crippen molar-refractivity contribution in [3.8, 4) is 11.1 Å². The molecular weight excluding hydrogens is 494 g/mol. The molecule has 7 nitrogen and oxygen atoms in total. The van der Waals surface area contributed by atoms with Gasteiger partial charge < -0.3 is 19.9 Å². The lowest BCUT2D eigenvalue weighted by molar-refractivity contribution is 0.0240. The third-order valence-corrected chi connectivity index (χ3v) is 6.54.